The maximum Gasteiger partial charge on any atom is 0.300 e. The fourth-order valence-corrected chi connectivity index (χ4v) is 3.01. The van der Waals surface area contributed by atoms with E-state index in [0.717, 1.165) is 13.3 Å². The van der Waals surface area contributed by atoms with Crippen molar-refractivity contribution in [3.05, 3.63) is 12.2 Å². The molecule has 0 atom stereocenters. The van der Waals surface area contributed by atoms with E-state index in [0.29, 0.717) is 19.6 Å². The van der Waals surface area contributed by atoms with Crippen LogP contribution in [0.25, 0.3) is 0 Å². The van der Waals surface area contributed by atoms with Crippen LogP contribution in [0.1, 0.15) is 104 Å². The van der Waals surface area contributed by atoms with Crippen molar-refractivity contribution in [1.82, 2.24) is 10.6 Å². The van der Waals surface area contributed by atoms with E-state index >= 15 is 0 Å². The molecule has 4 N–H and O–H groups in total. The van der Waals surface area contributed by atoms with E-state index in [1.54, 1.807) is 6.08 Å². The number of nitrogens with one attached hydrogen (secondary N) is 2. The fourth-order valence-electron chi connectivity index (χ4n) is 3.01. The summed E-state index contributed by atoms with van der Waals surface area (Å²) in [4.78, 5) is 20.5. The highest BCUT2D eigenvalue weighted by atomic mass is 16.4. The Balaban J connectivity index is 0. The van der Waals surface area contributed by atoms with Crippen molar-refractivity contribution in [2.24, 2.45) is 0 Å². The van der Waals surface area contributed by atoms with E-state index < -0.39 is 5.97 Å². The lowest BCUT2D eigenvalue weighted by molar-refractivity contribution is -0.134. The van der Waals surface area contributed by atoms with Crippen LogP contribution in [0.5, 0.6) is 0 Å². The molecule has 0 saturated heterocycles. The summed E-state index contributed by atoms with van der Waals surface area (Å²) in [6.45, 7) is 5.35. The van der Waals surface area contributed by atoms with Gasteiger partial charge in [0, 0.05) is 26.6 Å². The summed E-state index contributed by atoms with van der Waals surface area (Å²) in [6, 6.07) is 0. The van der Waals surface area contributed by atoms with Crippen LogP contribution in [-0.2, 0) is 9.59 Å². The van der Waals surface area contributed by atoms with Crippen molar-refractivity contribution in [3.63, 3.8) is 0 Å². The Morgan fingerprint density at radius 1 is 0.767 bits per heavy atom. The van der Waals surface area contributed by atoms with Gasteiger partial charge in [-0.2, -0.15) is 0 Å². The minimum Gasteiger partial charge on any atom is -0.481 e. The maximum atomic E-state index is 11.5. The number of aliphatic carboxylic acids is 1. The molecular formula is C24H48N2O4. The number of amides is 1. The second-order valence-electron chi connectivity index (χ2n) is 7.72. The van der Waals surface area contributed by atoms with E-state index in [1.807, 2.05) is 6.08 Å². The van der Waals surface area contributed by atoms with Crippen LogP contribution in [0.3, 0.4) is 0 Å². The summed E-state index contributed by atoms with van der Waals surface area (Å²) in [5, 5.41) is 21.9. The zero-order valence-electron chi connectivity index (χ0n) is 19.6. The number of carbonyl (C=O) groups is 2. The minimum atomic E-state index is -0.833. The van der Waals surface area contributed by atoms with Gasteiger partial charge in [0.05, 0.1) is 6.61 Å². The number of carbonyl (C=O) groups excluding carboxylic acids is 1. The van der Waals surface area contributed by atoms with Gasteiger partial charge in [0.25, 0.3) is 5.97 Å². The Bertz CT molecular complexity index is 397. The molecule has 0 aromatic carbocycles. The molecule has 1 amide bonds. The number of hydrogen-bond acceptors (Lipinski definition) is 4. The molecule has 0 rings (SSSR count). The molecule has 0 fully saturated rings. The lowest BCUT2D eigenvalue weighted by atomic mass is 10.0. The monoisotopic (exact) mass is 428 g/mol. The van der Waals surface area contributed by atoms with Crippen LogP contribution in [0.2, 0.25) is 0 Å². The van der Waals surface area contributed by atoms with Gasteiger partial charge in [-0.1, -0.05) is 90.0 Å². The number of aliphatic hydroxyl groups is 1. The highest BCUT2D eigenvalue weighted by Crippen LogP contribution is 2.12. The van der Waals surface area contributed by atoms with E-state index in [-0.39, 0.29) is 12.5 Å². The first-order valence-corrected chi connectivity index (χ1v) is 12.0. The molecule has 0 aliphatic heterocycles. The Kier molecular flexibility index (Phi) is 28.3. The highest BCUT2D eigenvalue weighted by Gasteiger charge is 1.95. The lowest BCUT2D eigenvalue weighted by Crippen LogP contribution is -2.31. The molecule has 0 heterocycles. The molecule has 0 aromatic heterocycles. The lowest BCUT2D eigenvalue weighted by Gasteiger charge is -2.03. The standard InChI is InChI=1S/C22H44N2O2.C2H4O2/c1-2-3-4-5-6-7-8-9-10-11-12-13-14-15-16-17-22(26)24-19-18-23-20-21-25;1-2(3)4/h16-17,23,25H,2-15,18-21H2,1H3,(H,24,26);1H3,(H,3,4)/b17-16+;. The van der Waals surface area contributed by atoms with Crippen molar-refractivity contribution >= 4 is 11.9 Å². The number of aliphatic hydroxyl groups excluding tert-OH is 1. The van der Waals surface area contributed by atoms with Gasteiger partial charge in [0.2, 0.25) is 5.91 Å². The van der Waals surface area contributed by atoms with E-state index in [1.165, 1.54) is 83.5 Å². The third kappa shape index (κ3) is 34.1. The molecule has 0 aromatic rings. The highest BCUT2D eigenvalue weighted by molar-refractivity contribution is 5.87. The number of rotatable bonds is 20. The normalized spacial score (nSPS) is 10.6. The summed E-state index contributed by atoms with van der Waals surface area (Å²) in [7, 11) is 0. The van der Waals surface area contributed by atoms with Crippen molar-refractivity contribution < 1.29 is 19.8 Å². The van der Waals surface area contributed by atoms with Gasteiger partial charge in [-0.3, -0.25) is 9.59 Å². The van der Waals surface area contributed by atoms with Crippen LogP contribution in [-0.4, -0.2) is 48.3 Å². The quantitative estimate of drug-likeness (QED) is 0.165. The van der Waals surface area contributed by atoms with Gasteiger partial charge in [-0.25, -0.2) is 0 Å². The van der Waals surface area contributed by atoms with Crippen LogP contribution in [0, 0.1) is 0 Å². The first-order chi connectivity index (χ1) is 14.5. The Morgan fingerprint density at radius 3 is 1.70 bits per heavy atom. The minimum absolute atomic E-state index is 0.0227. The van der Waals surface area contributed by atoms with Gasteiger partial charge < -0.3 is 20.8 Å². The third-order valence-corrected chi connectivity index (χ3v) is 4.63. The number of carboxylic acids is 1. The Labute approximate surface area is 184 Å². The van der Waals surface area contributed by atoms with E-state index in [2.05, 4.69) is 17.6 Å². The van der Waals surface area contributed by atoms with Gasteiger partial charge in [0.15, 0.2) is 0 Å². The molecule has 0 radical (unpaired) electrons. The summed E-state index contributed by atoms with van der Waals surface area (Å²) in [5.41, 5.74) is 0. The topological polar surface area (TPSA) is 98.7 Å². The van der Waals surface area contributed by atoms with E-state index in [9.17, 15) is 4.79 Å². The molecule has 0 spiro atoms. The fraction of sp³-hybridized carbons (Fsp3) is 0.833. The van der Waals surface area contributed by atoms with Gasteiger partial charge in [-0.05, 0) is 18.9 Å². The summed E-state index contributed by atoms with van der Waals surface area (Å²) < 4.78 is 0. The number of allylic oxidation sites excluding steroid dienone is 1. The molecule has 0 aliphatic carbocycles. The molecule has 0 bridgehead atoms. The molecule has 6 heteroatoms. The SMILES string of the molecule is CC(=O)O.CCCCCCCCCCCCCCC/C=C/C(=O)NCCNCCO. The van der Waals surface area contributed by atoms with Gasteiger partial charge in [0.1, 0.15) is 0 Å². The van der Waals surface area contributed by atoms with Crippen LogP contribution in [0.4, 0.5) is 0 Å². The molecule has 0 saturated carbocycles. The Hall–Kier alpha value is -1.40. The van der Waals surface area contributed by atoms with Crippen molar-refractivity contribution in [1.29, 1.82) is 0 Å². The smallest absolute Gasteiger partial charge is 0.300 e. The third-order valence-electron chi connectivity index (χ3n) is 4.63. The second-order valence-corrected chi connectivity index (χ2v) is 7.72. The molecule has 6 nitrogen and oxygen atoms in total. The maximum absolute atomic E-state index is 11.5. The van der Waals surface area contributed by atoms with Gasteiger partial charge in [-0.15, -0.1) is 0 Å². The average Bonchev–Trinajstić information content (AvgIpc) is 2.70. The number of unbranched alkanes of at least 4 members (excludes halogenated alkanes) is 13. The van der Waals surface area contributed by atoms with Crippen molar-refractivity contribution in [2.75, 3.05) is 26.2 Å². The zero-order chi connectivity index (χ0) is 22.7. The predicted molar refractivity (Wildman–Crippen MR) is 126 cm³/mol. The second kappa shape index (κ2) is 27.6. The molecule has 0 aliphatic rings. The first kappa shape index (κ1) is 30.8. The molecular weight excluding hydrogens is 380 g/mol. The van der Waals surface area contributed by atoms with Gasteiger partial charge >= 0.3 is 0 Å². The predicted octanol–water partition coefficient (Wildman–Crippen LogP) is 4.81. The number of carboxylic acid groups (broad SMARTS) is 1. The summed E-state index contributed by atoms with van der Waals surface area (Å²) in [6.07, 6.45) is 22.4. The van der Waals surface area contributed by atoms with E-state index in [4.69, 9.17) is 15.0 Å². The zero-order valence-corrected chi connectivity index (χ0v) is 19.6. The molecule has 0 unspecified atom stereocenters. The van der Waals surface area contributed by atoms with Crippen molar-refractivity contribution in [2.45, 2.75) is 104 Å². The number of hydrogen-bond donors (Lipinski definition) is 4. The largest absolute Gasteiger partial charge is 0.481 e. The molecule has 178 valence electrons. The van der Waals surface area contributed by atoms with Crippen LogP contribution < -0.4 is 10.6 Å². The Morgan fingerprint density at radius 2 is 1.23 bits per heavy atom. The first-order valence-electron chi connectivity index (χ1n) is 12.0. The van der Waals surface area contributed by atoms with Crippen molar-refractivity contribution in [3.8, 4) is 0 Å². The average molecular weight is 429 g/mol. The van der Waals surface area contributed by atoms with Crippen LogP contribution in [0.15, 0.2) is 12.2 Å². The summed E-state index contributed by atoms with van der Waals surface area (Å²) >= 11 is 0. The summed E-state index contributed by atoms with van der Waals surface area (Å²) in [5.74, 6) is -0.856. The van der Waals surface area contributed by atoms with Crippen LogP contribution >= 0.6 is 0 Å². The molecule has 30 heavy (non-hydrogen) atoms.